The van der Waals surface area contributed by atoms with Crippen molar-refractivity contribution in [2.24, 2.45) is 0 Å². The van der Waals surface area contributed by atoms with Crippen LogP contribution in [-0.2, 0) is 21.2 Å². The van der Waals surface area contributed by atoms with Crippen molar-refractivity contribution in [2.75, 3.05) is 13.1 Å². The second kappa shape index (κ2) is 9.79. The molecule has 0 aliphatic rings. The lowest BCUT2D eigenvalue weighted by atomic mass is 10.1. The van der Waals surface area contributed by atoms with Crippen LogP contribution in [0.2, 0.25) is 0 Å². The first-order valence-corrected chi connectivity index (χ1v) is 10.2. The van der Waals surface area contributed by atoms with Crippen molar-refractivity contribution in [3.05, 3.63) is 29.8 Å². The van der Waals surface area contributed by atoms with Crippen molar-refractivity contribution < 1.29 is 13.2 Å². The maximum atomic E-state index is 12.4. The van der Waals surface area contributed by atoms with Crippen LogP contribution in [0, 0.1) is 0 Å². The monoisotopic (exact) mass is 354 g/mol. The molecule has 0 aliphatic heterocycles. The molecule has 1 aromatic carbocycles. The highest BCUT2D eigenvalue weighted by molar-refractivity contribution is 7.89. The summed E-state index contributed by atoms with van der Waals surface area (Å²) in [4.78, 5) is 12.2. The molecule has 0 fully saturated rings. The van der Waals surface area contributed by atoms with Gasteiger partial charge in [-0.1, -0.05) is 39.3 Å². The molecule has 0 aromatic heterocycles. The van der Waals surface area contributed by atoms with Crippen molar-refractivity contribution >= 4 is 15.9 Å². The fourth-order valence-corrected chi connectivity index (χ4v) is 4.11. The first kappa shape index (κ1) is 20.6. The maximum absolute atomic E-state index is 12.4. The number of carbonyl (C=O) groups is 1. The van der Waals surface area contributed by atoms with E-state index in [9.17, 15) is 13.2 Å². The first-order chi connectivity index (χ1) is 11.3. The van der Waals surface area contributed by atoms with Crippen molar-refractivity contribution in [3.63, 3.8) is 0 Å². The van der Waals surface area contributed by atoms with Gasteiger partial charge in [0.25, 0.3) is 0 Å². The van der Waals surface area contributed by atoms with Gasteiger partial charge >= 0.3 is 0 Å². The molecule has 0 bridgehead atoms. The van der Waals surface area contributed by atoms with Crippen LogP contribution in [0.15, 0.2) is 29.2 Å². The average Bonchev–Trinajstić information content (AvgIpc) is 2.54. The number of rotatable bonds is 10. The Morgan fingerprint density at radius 3 is 2.21 bits per heavy atom. The zero-order valence-electron chi connectivity index (χ0n) is 15.2. The van der Waals surface area contributed by atoms with Gasteiger partial charge in [0.2, 0.25) is 15.9 Å². The zero-order valence-corrected chi connectivity index (χ0v) is 16.0. The number of nitrogens with zero attached hydrogens (tertiary/aromatic N) is 1. The quantitative estimate of drug-likeness (QED) is 0.702. The largest absolute Gasteiger partial charge is 0.354 e. The third-order valence-corrected chi connectivity index (χ3v) is 6.10. The summed E-state index contributed by atoms with van der Waals surface area (Å²) in [5, 5.41) is 2.98. The highest BCUT2D eigenvalue weighted by atomic mass is 32.2. The molecule has 24 heavy (non-hydrogen) atoms. The van der Waals surface area contributed by atoms with Crippen LogP contribution in [0.5, 0.6) is 0 Å². The van der Waals surface area contributed by atoms with Gasteiger partial charge in [0, 0.05) is 25.6 Å². The number of nitrogens with one attached hydrogen (secondary N) is 1. The van der Waals surface area contributed by atoms with Crippen LogP contribution in [0.1, 0.15) is 52.5 Å². The molecule has 0 saturated carbocycles. The summed E-state index contributed by atoms with van der Waals surface area (Å²) in [6.45, 7) is 8.67. The maximum Gasteiger partial charge on any atom is 0.243 e. The van der Waals surface area contributed by atoms with Gasteiger partial charge in [0.15, 0.2) is 0 Å². The Labute approximate surface area is 146 Å². The molecule has 1 atom stereocenters. The lowest BCUT2D eigenvalue weighted by Gasteiger charge is -2.18. The van der Waals surface area contributed by atoms with E-state index in [0.29, 0.717) is 30.8 Å². The molecular weight excluding hydrogens is 324 g/mol. The number of benzene rings is 1. The Bertz CT molecular complexity index is 608. The molecule has 6 heteroatoms. The Balaban J connectivity index is 2.64. The normalized spacial score (nSPS) is 13.0. The van der Waals surface area contributed by atoms with E-state index in [0.717, 1.165) is 18.4 Å². The van der Waals surface area contributed by atoms with Gasteiger partial charge in [-0.3, -0.25) is 4.79 Å². The van der Waals surface area contributed by atoms with Crippen LogP contribution in [0.25, 0.3) is 0 Å². The number of sulfonamides is 1. The summed E-state index contributed by atoms with van der Waals surface area (Å²) in [6.07, 6.45) is 3.04. The van der Waals surface area contributed by atoms with Crippen molar-refractivity contribution in [1.82, 2.24) is 9.62 Å². The molecule has 0 unspecified atom stereocenters. The molecule has 1 rings (SSSR count). The molecule has 1 N–H and O–H groups in total. The zero-order chi connectivity index (χ0) is 18.2. The van der Waals surface area contributed by atoms with Gasteiger partial charge in [-0.25, -0.2) is 8.42 Å². The summed E-state index contributed by atoms with van der Waals surface area (Å²) in [5.74, 6) is 0.0378. The van der Waals surface area contributed by atoms with E-state index in [1.54, 1.807) is 24.3 Å². The number of aryl methyl sites for hydroxylation is 1. The molecule has 0 spiro atoms. The summed E-state index contributed by atoms with van der Waals surface area (Å²) in [7, 11) is -3.42. The standard InChI is InChI=1S/C18H30N2O3S/c1-5-8-15(4)19-18(21)14-11-16-9-12-17(13-10-16)24(22,23)20(6-2)7-3/h9-10,12-13,15H,5-8,11,14H2,1-4H3,(H,19,21)/t15-/m0/s1. The first-order valence-electron chi connectivity index (χ1n) is 8.73. The second-order valence-electron chi connectivity index (χ2n) is 5.99. The fraction of sp³-hybridized carbons (Fsp3) is 0.611. The number of hydrogen-bond acceptors (Lipinski definition) is 3. The fourth-order valence-electron chi connectivity index (χ4n) is 2.65. The highest BCUT2D eigenvalue weighted by Crippen LogP contribution is 2.16. The van der Waals surface area contributed by atoms with E-state index >= 15 is 0 Å². The van der Waals surface area contributed by atoms with Gasteiger partial charge in [-0.15, -0.1) is 0 Å². The van der Waals surface area contributed by atoms with E-state index in [2.05, 4.69) is 12.2 Å². The summed E-state index contributed by atoms with van der Waals surface area (Å²) < 4.78 is 26.3. The van der Waals surface area contributed by atoms with Crippen molar-refractivity contribution in [1.29, 1.82) is 0 Å². The average molecular weight is 355 g/mol. The van der Waals surface area contributed by atoms with Crippen molar-refractivity contribution in [2.45, 2.75) is 64.3 Å². The van der Waals surface area contributed by atoms with E-state index in [1.807, 2.05) is 20.8 Å². The lowest BCUT2D eigenvalue weighted by Crippen LogP contribution is -2.32. The second-order valence-corrected chi connectivity index (χ2v) is 7.93. The van der Waals surface area contributed by atoms with E-state index in [1.165, 1.54) is 4.31 Å². The molecular formula is C18H30N2O3S. The molecule has 0 saturated heterocycles. The predicted molar refractivity (Wildman–Crippen MR) is 97.4 cm³/mol. The summed E-state index contributed by atoms with van der Waals surface area (Å²) in [6, 6.07) is 7.03. The third-order valence-electron chi connectivity index (χ3n) is 4.04. The van der Waals surface area contributed by atoms with Crippen LogP contribution >= 0.6 is 0 Å². The van der Waals surface area contributed by atoms with E-state index < -0.39 is 10.0 Å². The molecule has 0 heterocycles. The van der Waals surface area contributed by atoms with Crippen LogP contribution < -0.4 is 5.32 Å². The molecule has 136 valence electrons. The Kier molecular flexibility index (Phi) is 8.42. The summed E-state index contributed by atoms with van der Waals surface area (Å²) >= 11 is 0. The van der Waals surface area contributed by atoms with Gasteiger partial charge in [0.05, 0.1) is 4.90 Å². The smallest absolute Gasteiger partial charge is 0.243 e. The number of amides is 1. The molecule has 0 radical (unpaired) electrons. The Morgan fingerprint density at radius 1 is 1.12 bits per heavy atom. The molecule has 1 aromatic rings. The van der Waals surface area contributed by atoms with Gasteiger partial charge in [-0.05, 0) is 37.5 Å². The van der Waals surface area contributed by atoms with E-state index in [-0.39, 0.29) is 11.9 Å². The number of carbonyl (C=O) groups excluding carboxylic acids is 1. The SMILES string of the molecule is CCC[C@H](C)NC(=O)CCc1ccc(S(=O)(=O)N(CC)CC)cc1. The minimum Gasteiger partial charge on any atom is -0.354 e. The molecule has 0 aliphatic carbocycles. The Morgan fingerprint density at radius 2 is 1.71 bits per heavy atom. The topological polar surface area (TPSA) is 66.5 Å². The molecule has 1 amide bonds. The van der Waals surface area contributed by atoms with Crippen LogP contribution in [0.4, 0.5) is 0 Å². The third kappa shape index (κ3) is 5.91. The minimum atomic E-state index is -3.42. The highest BCUT2D eigenvalue weighted by Gasteiger charge is 2.21. The lowest BCUT2D eigenvalue weighted by molar-refractivity contribution is -0.121. The van der Waals surface area contributed by atoms with Gasteiger partial charge < -0.3 is 5.32 Å². The minimum absolute atomic E-state index is 0.0378. The van der Waals surface area contributed by atoms with Crippen LogP contribution in [0.3, 0.4) is 0 Å². The molecule has 5 nitrogen and oxygen atoms in total. The number of hydrogen-bond donors (Lipinski definition) is 1. The summed E-state index contributed by atoms with van der Waals surface area (Å²) in [5.41, 5.74) is 0.965. The van der Waals surface area contributed by atoms with Crippen LogP contribution in [-0.4, -0.2) is 37.8 Å². The predicted octanol–water partition coefficient (Wildman–Crippen LogP) is 2.95. The Hall–Kier alpha value is -1.40. The van der Waals surface area contributed by atoms with Gasteiger partial charge in [0.1, 0.15) is 0 Å². The van der Waals surface area contributed by atoms with Crippen molar-refractivity contribution in [3.8, 4) is 0 Å². The van der Waals surface area contributed by atoms with Gasteiger partial charge in [-0.2, -0.15) is 4.31 Å². The van der Waals surface area contributed by atoms with E-state index in [4.69, 9.17) is 0 Å².